The SMILES string of the molecule is CN(C)C(=O)CCCCn1nnc(-c2ccccc2)n1. The third-order valence-corrected chi connectivity index (χ3v) is 2.98. The molecule has 0 saturated heterocycles. The molecule has 1 aromatic heterocycles. The van der Waals surface area contributed by atoms with Gasteiger partial charge in [0.1, 0.15) is 0 Å². The van der Waals surface area contributed by atoms with Crippen molar-refractivity contribution in [3.8, 4) is 11.4 Å². The molecule has 0 radical (unpaired) electrons. The maximum atomic E-state index is 11.4. The molecular formula is C14H19N5O. The number of rotatable bonds is 6. The Bertz CT molecular complexity index is 550. The van der Waals surface area contributed by atoms with E-state index in [1.54, 1.807) is 23.8 Å². The minimum absolute atomic E-state index is 0.154. The van der Waals surface area contributed by atoms with Crippen LogP contribution < -0.4 is 0 Å². The third-order valence-electron chi connectivity index (χ3n) is 2.98. The molecule has 0 aliphatic rings. The lowest BCUT2D eigenvalue weighted by atomic mass is 10.2. The van der Waals surface area contributed by atoms with Gasteiger partial charge in [-0.2, -0.15) is 4.80 Å². The van der Waals surface area contributed by atoms with E-state index in [2.05, 4.69) is 15.4 Å². The molecule has 1 amide bonds. The summed E-state index contributed by atoms with van der Waals surface area (Å²) in [5.74, 6) is 0.788. The van der Waals surface area contributed by atoms with Crippen molar-refractivity contribution in [1.29, 1.82) is 0 Å². The standard InChI is InChI=1S/C14H19N5O/c1-18(2)13(20)10-6-7-11-19-16-14(15-17-19)12-8-4-3-5-9-12/h3-5,8-9H,6-7,10-11H2,1-2H3. The van der Waals surface area contributed by atoms with Gasteiger partial charge in [-0.05, 0) is 18.1 Å². The lowest BCUT2D eigenvalue weighted by Crippen LogP contribution is -2.21. The summed E-state index contributed by atoms with van der Waals surface area (Å²) in [6.07, 6.45) is 2.26. The van der Waals surface area contributed by atoms with Crippen molar-refractivity contribution in [1.82, 2.24) is 25.1 Å². The first-order chi connectivity index (χ1) is 9.66. The number of aryl methyl sites for hydroxylation is 1. The third kappa shape index (κ3) is 3.88. The Labute approximate surface area is 118 Å². The highest BCUT2D eigenvalue weighted by molar-refractivity contribution is 5.75. The number of amides is 1. The van der Waals surface area contributed by atoms with Gasteiger partial charge in [0.15, 0.2) is 0 Å². The zero-order valence-corrected chi connectivity index (χ0v) is 11.9. The first-order valence-electron chi connectivity index (χ1n) is 6.70. The van der Waals surface area contributed by atoms with Gasteiger partial charge in [-0.15, -0.1) is 10.2 Å². The van der Waals surface area contributed by atoms with E-state index < -0.39 is 0 Å². The average Bonchev–Trinajstić information content (AvgIpc) is 2.93. The van der Waals surface area contributed by atoms with Crippen molar-refractivity contribution in [3.63, 3.8) is 0 Å². The van der Waals surface area contributed by atoms with Crippen LogP contribution in [0.1, 0.15) is 19.3 Å². The molecule has 0 spiro atoms. The summed E-state index contributed by atoms with van der Waals surface area (Å²) in [4.78, 5) is 14.6. The number of hydrogen-bond donors (Lipinski definition) is 0. The maximum absolute atomic E-state index is 11.4. The van der Waals surface area contributed by atoms with E-state index >= 15 is 0 Å². The Morgan fingerprint density at radius 1 is 1.20 bits per heavy atom. The van der Waals surface area contributed by atoms with Gasteiger partial charge in [0.25, 0.3) is 0 Å². The number of nitrogens with zero attached hydrogens (tertiary/aromatic N) is 5. The van der Waals surface area contributed by atoms with Crippen LogP contribution in [0.5, 0.6) is 0 Å². The summed E-state index contributed by atoms with van der Waals surface area (Å²) in [5.41, 5.74) is 0.960. The Kier molecular flexibility index (Phi) is 4.81. The number of carbonyl (C=O) groups excluding carboxylic acids is 1. The topological polar surface area (TPSA) is 63.9 Å². The highest BCUT2D eigenvalue weighted by Crippen LogP contribution is 2.12. The molecule has 1 aromatic carbocycles. The molecule has 0 bridgehead atoms. The fourth-order valence-electron chi connectivity index (χ4n) is 1.79. The quantitative estimate of drug-likeness (QED) is 0.750. The average molecular weight is 273 g/mol. The Balaban J connectivity index is 1.81. The Hall–Kier alpha value is -2.24. The molecule has 6 nitrogen and oxygen atoms in total. The zero-order chi connectivity index (χ0) is 14.4. The van der Waals surface area contributed by atoms with Crippen LogP contribution in [0, 0.1) is 0 Å². The first kappa shape index (κ1) is 14.2. The predicted octanol–water partition coefficient (Wildman–Crippen LogP) is 1.60. The van der Waals surface area contributed by atoms with Gasteiger partial charge in [-0.25, -0.2) is 0 Å². The maximum Gasteiger partial charge on any atom is 0.222 e. The molecule has 0 aliphatic heterocycles. The largest absolute Gasteiger partial charge is 0.349 e. The summed E-state index contributed by atoms with van der Waals surface area (Å²) in [7, 11) is 3.54. The molecule has 2 aromatic rings. The number of carbonyl (C=O) groups is 1. The van der Waals surface area contributed by atoms with E-state index in [9.17, 15) is 4.79 Å². The molecule has 0 fully saturated rings. The van der Waals surface area contributed by atoms with Crippen LogP contribution in [0.2, 0.25) is 0 Å². The van der Waals surface area contributed by atoms with Crippen LogP contribution in [0.4, 0.5) is 0 Å². The zero-order valence-electron chi connectivity index (χ0n) is 11.9. The molecular weight excluding hydrogens is 254 g/mol. The van der Waals surface area contributed by atoms with Crippen molar-refractivity contribution >= 4 is 5.91 Å². The van der Waals surface area contributed by atoms with Gasteiger partial charge in [-0.3, -0.25) is 4.79 Å². The van der Waals surface area contributed by atoms with Crippen molar-refractivity contribution < 1.29 is 4.79 Å². The first-order valence-corrected chi connectivity index (χ1v) is 6.70. The summed E-state index contributed by atoms with van der Waals surface area (Å²) < 4.78 is 0. The van der Waals surface area contributed by atoms with E-state index in [4.69, 9.17) is 0 Å². The van der Waals surface area contributed by atoms with E-state index in [0.717, 1.165) is 18.4 Å². The van der Waals surface area contributed by atoms with E-state index in [-0.39, 0.29) is 5.91 Å². The van der Waals surface area contributed by atoms with Crippen LogP contribution >= 0.6 is 0 Å². The molecule has 1 heterocycles. The number of aromatic nitrogens is 4. The fraction of sp³-hybridized carbons (Fsp3) is 0.429. The highest BCUT2D eigenvalue weighted by atomic mass is 16.2. The van der Waals surface area contributed by atoms with E-state index in [1.165, 1.54) is 0 Å². The summed E-state index contributed by atoms with van der Waals surface area (Å²) >= 11 is 0. The van der Waals surface area contributed by atoms with Crippen LogP contribution in [-0.4, -0.2) is 45.1 Å². The number of unbranched alkanes of at least 4 members (excludes halogenated alkanes) is 1. The van der Waals surface area contributed by atoms with Gasteiger partial charge in [0.05, 0.1) is 6.54 Å². The molecule has 2 rings (SSSR count). The van der Waals surface area contributed by atoms with Gasteiger partial charge in [-0.1, -0.05) is 30.3 Å². The van der Waals surface area contributed by atoms with Gasteiger partial charge in [0.2, 0.25) is 11.7 Å². The van der Waals surface area contributed by atoms with Gasteiger partial charge in [0, 0.05) is 26.1 Å². The van der Waals surface area contributed by atoms with E-state index in [1.807, 2.05) is 30.3 Å². The summed E-state index contributed by atoms with van der Waals surface area (Å²) in [6, 6.07) is 9.76. The lowest BCUT2D eigenvalue weighted by Gasteiger charge is -2.09. The van der Waals surface area contributed by atoms with Crippen LogP contribution in [0.25, 0.3) is 11.4 Å². The second kappa shape index (κ2) is 6.79. The van der Waals surface area contributed by atoms with E-state index in [0.29, 0.717) is 18.8 Å². The molecule has 0 atom stereocenters. The van der Waals surface area contributed by atoms with Crippen molar-refractivity contribution in [2.75, 3.05) is 14.1 Å². The molecule has 0 aliphatic carbocycles. The van der Waals surface area contributed by atoms with Gasteiger partial charge < -0.3 is 4.90 Å². The normalized spacial score (nSPS) is 10.5. The highest BCUT2D eigenvalue weighted by Gasteiger charge is 2.06. The molecule has 6 heteroatoms. The number of tetrazole rings is 1. The Morgan fingerprint density at radius 3 is 2.65 bits per heavy atom. The fourth-order valence-corrected chi connectivity index (χ4v) is 1.79. The molecule has 106 valence electrons. The van der Waals surface area contributed by atoms with Gasteiger partial charge >= 0.3 is 0 Å². The second-order valence-corrected chi connectivity index (χ2v) is 4.82. The second-order valence-electron chi connectivity index (χ2n) is 4.82. The molecule has 0 N–H and O–H groups in total. The minimum Gasteiger partial charge on any atom is -0.349 e. The molecule has 0 unspecified atom stereocenters. The monoisotopic (exact) mass is 273 g/mol. The number of benzene rings is 1. The van der Waals surface area contributed by atoms with Crippen LogP contribution in [0.15, 0.2) is 30.3 Å². The Morgan fingerprint density at radius 2 is 1.95 bits per heavy atom. The van der Waals surface area contributed by atoms with Crippen molar-refractivity contribution in [2.24, 2.45) is 0 Å². The summed E-state index contributed by atoms with van der Waals surface area (Å²) in [5, 5.41) is 12.4. The minimum atomic E-state index is 0.154. The van der Waals surface area contributed by atoms with Crippen LogP contribution in [0.3, 0.4) is 0 Å². The molecule has 0 saturated carbocycles. The van der Waals surface area contributed by atoms with Crippen LogP contribution in [-0.2, 0) is 11.3 Å². The smallest absolute Gasteiger partial charge is 0.222 e. The van der Waals surface area contributed by atoms with Crippen molar-refractivity contribution in [3.05, 3.63) is 30.3 Å². The lowest BCUT2D eigenvalue weighted by molar-refractivity contribution is -0.128. The predicted molar refractivity (Wildman–Crippen MR) is 75.8 cm³/mol. The van der Waals surface area contributed by atoms with Crippen molar-refractivity contribution in [2.45, 2.75) is 25.8 Å². The summed E-state index contributed by atoms with van der Waals surface area (Å²) in [6.45, 7) is 0.681. The number of hydrogen-bond acceptors (Lipinski definition) is 4. The molecule has 20 heavy (non-hydrogen) atoms.